The highest BCUT2D eigenvalue weighted by Gasteiger charge is 2.26. The smallest absolute Gasteiger partial charge is 0.389 e. The highest BCUT2D eigenvalue weighted by molar-refractivity contribution is 5.60. The third-order valence-corrected chi connectivity index (χ3v) is 3.39. The van der Waals surface area contributed by atoms with E-state index in [1.807, 2.05) is 24.4 Å². The van der Waals surface area contributed by atoms with E-state index in [0.717, 1.165) is 24.1 Å². The van der Waals surface area contributed by atoms with Crippen LogP contribution in [0.25, 0.3) is 11.3 Å². The van der Waals surface area contributed by atoms with Gasteiger partial charge in [-0.15, -0.1) is 0 Å². The molecular weight excluding hydrogens is 303 g/mol. The Labute approximate surface area is 134 Å². The van der Waals surface area contributed by atoms with E-state index in [0.29, 0.717) is 5.75 Å². The van der Waals surface area contributed by atoms with Crippen LogP contribution >= 0.6 is 0 Å². The van der Waals surface area contributed by atoms with Gasteiger partial charge in [0.05, 0.1) is 12.3 Å². The minimum atomic E-state index is -4.12. The average Bonchev–Trinajstić information content (AvgIpc) is 2.52. The lowest BCUT2D eigenvalue weighted by Crippen LogP contribution is -2.09. The van der Waals surface area contributed by atoms with Gasteiger partial charge in [0, 0.05) is 18.2 Å². The highest BCUT2D eigenvalue weighted by atomic mass is 19.4. The van der Waals surface area contributed by atoms with Crippen molar-refractivity contribution in [1.29, 1.82) is 0 Å². The van der Waals surface area contributed by atoms with Crippen LogP contribution in [0.1, 0.15) is 31.7 Å². The fourth-order valence-corrected chi connectivity index (χ4v) is 2.22. The van der Waals surface area contributed by atoms with Crippen LogP contribution in [0.2, 0.25) is 0 Å². The number of halogens is 3. The molecule has 0 unspecified atom stereocenters. The minimum absolute atomic E-state index is 0.0360. The summed E-state index contributed by atoms with van der Waals surface area (Å²) >= 11 is 0. The first-order valence-electron chi connectivity index (χ1n) is 7.73. The van der Waals surface area contributed by atoms with Crippen LogP contribution in [0.3, 0.4) is 0 Å². The van der Waals surface area contributed by atoms with Crippen LogP contribution in [0.15, 0.2) is 42.6 Å². The molecule has 0 atom stereocenters. The minimum Gasteiger partial charge on any atom is -0.494 e. The molecule has 0 saturated carbocycles. The van der Waals surface area contributed by atoms with Gasteiger partial charge in [0.1, 0.15) is 5.75 Å². The van der Waals surface area contributed by atoms with E-state index >= 15 is 0 Å². The quantitative estimate of drug-likeness (QED) is 0.635. The maximum Gasteiger partial charge on any atom is 0.389 e. The Balaban J connectivity index is 1.89. The van der Waals surface area contributed by atoms with Crippen LogP contribution in [0, 0.1) is 0 Å². The molecule has 1 heterocycles. The summed E-state index contributed by atoms with van der Waals surface area (Å²) in [4.78, 5) is 4.43. The first-order chi connectivity index (χ1) is 11.0. The number of hydrogen-bond donors (Lipinski definition) is 0. The summed E-state index contributed by atoms with van der Waals surface area (Å²) < 4.78 is 41.4. The number of aromatic nitrogens is 1. The van der Waals surface area contributed by atoms with Gasteiger partial charge in [0.2, 0.25) is 0 Å². The predicted molar refractivity (Wildman–Crippen MR) is 84.5 cm³/mol. The van der Waals surface area contributed by atoms with Crippen molar-refractivity contribution in [1.82, 2.24) is 4.98 Å². The number of hydrogen-bond acceptors (Lipinski definition) is 2. The van der Waals surface area contributed by atoms with Gasteiger partial charge in [0.15, 0.2) is 0 Å². The van der Waals surface area contributed by atoms with Gasteiger partial charge in [-0.05, 0) is 48.7 Å². The molecule has 5 heteroatoms. The van der Waals surface area contributed by atoms with E-state index in [2.05, 4.69) is 18.0 Å². The van der Waals surface area contributed by atoms with Crippen molar-refractivity contribution >= 4 is 0 Å². The fourth-order valence-electron chi connectivity index (χ4n) is 2.22. The lowest BCUT2D eigenvalue weighted by atomic mass is 10.1. The molecule has 0 fully saturated rings. The van der Waals surface area contributed by atoms with Crippen molar-refractivity contribution in [3.05, 3.63) is 48.2 Å². The van der Waals surface area contributed by atoms with E-state index in [-0.39, 0.29) is 13.0 Å². The Morgan fingerprint density at radius 3 is 2.35 bits per heavy atom. The maximum absolute atomic E-state index is 12.0. The van der Waals surface area contributed by atoms with Crippen LogP contribution in [0.4, 0.5) is 13.2 Å². The van der Waals surface area contributed by atoms with Crippen LogP contribution in [-0.2, 0) is 6.42 Å². The van der Waals surface area contributed by atoms with E-state index in [9.17, 15) is 13.2 Å². The second kappa shape index (κ2) is 7.99. The van der Waals surface area contributed by atoms with E-state index < -0.39 is 12.6 Å². The standard InChI is InChI=1S/C18H20F3NO/c1-2-4-14-5-10-17(22-13-14)15-6-8-16(9-7-15)23-12-3-11-18(19,20)21/h5-10,13H,2-4,11-12H2,1H3. The van der Waals surface area contributed by atoms with Crippen molar-refractivity contribution < 1.29 is 17.9 Å². The van der Waals surface area contributed by atoms with Crippen molar-refractivity contribution in [3.8, 4) is 17.0 Å². The second-order valence-electron chi connectivity index (χ2n) is 5.39. The number of benzene rings is 1. The van der Waals surface area contributed by atoms with Crippen molar-refractivity contribution in [3.63, 3.8) is 0 Å². The van der Waals surface area contributed by atoms with Gasteiger partial charge in [-0.1, -0.05) is 19.4 Å². The van der Waals surface area contributed by atoms with Gasteiger partial charge in [-0.25, -0.2) is 0 Å². The molecule has 0 amide bonds. The lowest BCUT2D eigenvalue weighted by molar-refractivity contribution is -0.136. The molecule has 2 rings (SSSR count). The van der Waals surface area contributed by atoms with Crippen molar-refractivity contribution in [2.45, 2.75) is 38.8 Å². The first-order valence-corrected chi connectivity index (χ1v) is 7.73. The topological polar surface area (TPSA) is 22.1 Å². The zero-order valence-corrected chi connectivity index (χ0v) is 13.1. The largest absolute Gasteiger partial charge is 0.494 e. The molecule has 0 aliphatic rings. The lowest BCUT2D eigenvalue weighted by Gasteiger charge is -2.09. The number of aryl methyl sites for hydroxylation is 1. The Kier molecular flexibility index (Phi) is 6.02. The Morgan fingerprint density at radius 1 is 1.04 bits per heavy atom. The Morgan fingerprint density at radius 2 is 1.78 bits per heavy atom. The molecule has 1 aromatic heterocycles. The molecule has 0 spiro atoms. The number of rotatable bonds is 7. The zero-order valence-electron chi connectivity index (χ0n) is 13.1. The number of pyridine rings is 1. The molecule has 1 aromatic carbocycles. The first kappa shape index (κ1) is 17.3. The zero-order chi connectivity index (χ0) is 16.7. The molecule has 2 nitrogen and oxygen atoms in total. The van der Waals surface area contributed by atoms with Crippen LogP contribution < -0.4 is 4.74 Å². The SMILES string of the molecule is CCCc1ccc(-c2ccc(OCCCC(F)(F)F)cc2)nc1. The van der Waals surface area contributed by atoms with Gasteiger partial charge >= 0.3 is 6.18 Å². The van der Waals surface area contributed by atoms with Gasteiger partial charge in [0.25, 0.3) is 0 Å². The summed E-state index contributed by atoms with van der Waals surface area (Å²) in [5.41, 5.74) is 3.03. The molecule has 0 N–H and O–H groups in total. The van der Waals surface area contributed by atoms with Crippen molar-refractivity contribution in [2.75, 3.05) is 6.61 Å². The van der Waals surface area contributed by atoms with Crippen LogP contribution in [0.5, 0.6) is 5.75 Å². The Hall–Kier alpha value is -2.04. The third kappa shape index (κ3) is 5.93. The van der Waals surface area contributed by atoms with Gasteiger partial charge in [-0.3, -0.25) is 4.98 Å². The van der Waals surface area contributed by atoms with E-state index in [1.54, 1.807) is 12.1 Å². The monoisotopic (exact) mass is 323 g/mol. The molecule has 0 aliphatic heterocycles. The summed E-state index contributed by atoms with van der Waals surface area (Å²) in [7, 11) is 0. The normalized spacial score (nSPS) is 11.5. The molecule has 0 saturated heterocycles. The van der Waals surface area contributed by atoms with E-state index in [1.165, 1.54) is 5.56 Å². The molecule has 124 valence electrons. The van der Waals surface area contributed by atoms with E-state index in [4.69, 9.17) is 4.74 Å². The summed E-state index contributed by atoms with van der Waals surface area (Å²) in [5, 5.41) is 0. The molecular formula is C18H20F3NO. The predicted octanol–water partition coefficient (Wildman–Crippen LogP) is 5.42. The summed E-state index contributed by atoms with van der Waals surface area (Å²) in [6, 6.07) is 11.3. The number of ether oxygens (including phenoxy) is 1. The van der Waals surface area contributed by atoms with Crippen LogP contribution in [-0.4, -0.2) is 17.8 Å². The number of nitrogens with zero attached hydrogens (tertiary/aromatic N) is 1. The number of alkyl halides is 3. The maximum atomic E-state index is 12.0. The molecule has 2 aromatic rings. The summed E-state index contributed by atoms with van der Waals surface area (Å²) in [6.45, 7) is 2.18. The average molecular weight is 323 g/mol. The summed E-state index contributed by atoms with van der Waals surface area (Å²) in [5.74, 6) is 0.568. The van der Waals surface area contributed by atoms with Crippen molar-refractivity contribution in [2.24, 2.45) is 0 Å². The third-order valence-electron chi connectivity index (χ3n) is 3.39. The van der Waals surface area contributed by atoms with Gasteiger partial charge < -0.3 is 4.74 Å². The molecule has 0 aliphatic carbocycles. The van der Waals surface area contributed by atoms with Gasteiger partial charge in [-0.2, -0.15) is 13.2 Å². The highest BCUT2D eigenvalue weighted by Crippen LogP contribution is 2.23. The Bertz CT molecular complexity index is 591. The second-order valence-corrected chi connectivity index (χ2v) is 5.39. The molecule has 0 radical (unpaired) electrons. The molecule has 0 bridgehead atoms. The fraction of sp³-hybridized carbons (Fsp3) is 0.389. The summed E-state index contributed by atoms with van der Waals surface area (Å²) in [6.07, 6.45) is -1.01. The molecule has 23 heavy (non-hydrogen) atoms.